The number of hydrogen-bond acceptors (Lipinski definition) is 3. The predicted octanol–water partition coefficient (Wildman–Crippen LogP) is 15.9. The van der Waals surface area contributed by atoms with Crippen LogP contribution in [-0.2, 0) is 0 Å². The molecular formula is C58H34N2O. The predicted molar refractivity (Wildman–Crippen MR) is 255 cm³/mol. The Kier molecular flexibility index (Phi) is 7.31. The Bertz CT molecular complexity index is 3830. The fraction of sp³-hybridized carbons (Fsp3) is 0. The molecule has 13 rings (SSSR count). The Balaban J connectivity index is 0.997. The first-order valence-corrected chi connectivity index (χ1v) is 20.8. The van der Waals surface area contributed by atoms with Crippen molar-refractivity contribution in [1.29, 1.82) is 0 Å². The van der Waals surface area contributed by atoms with Crippen molar-refractivity contribution >= 4 is 75.6 Å². The smallest absolute Gasteiger partial charge is 0.160 e. The van der Waals surface area contributed by atoms with Gasteiger partial charge in [0.2, 0.25) is 0 Å². The van der Waals surface area contributed by atoms with Crippen molar-refractivity contribution in [3.8, 4) is 56.4 Å². The molecule has 3 heteroatoms. The van der Waals surface area contributed by atoms with E-state index in [1.54, 1.807) is 0 Å². The maximum Gasteiger partial charge on any atom is 0.160 e. The van der Waals surface area contributed by atoms with Crippen LogP contribution in [0.25, 0.3) is 132 Å². The molecule has 0 N–H and O–H groups in total. The first kappa shape index (κ1) is 33.8. The number of para-hydroxylation sites is 1. The number of nitrogens with zero attached hydrogens (tertiary/aromatic N) is 2. The van der Waals surface area contributed by atoms with E-state index in [1.807, 2.05) is 36.4 Å². The SMILES string of the molecule is c1ccc(-c2nc(-c3ccc(-c4cc5ccccc5o4)cc3)cc(-c3cccc(-c4cc5ccc6cccc7c8cccc9ccc%10cccc(c(c4)c5c67)c%10c98)c3)n2)cc1. The number of fused-ring (bicyclic) bond motifs is 3. The molecule has 0 aliphatic heterocycles. The summed E-state index contributed by atoms with van der Waals surface area (Å²) in [6.45, 7) is 0. The second-order valence-electron chi connectivity index (χ2n) is 16.1. The fourth-order valence-electron chi connectivity index (χ4n) is 9.70. The number of furan rings is 1. The molecule has 282 valence electrons. The van der Waals surface area contributed by atoms with Gasteiger partial charge in [-0.2, -0.15) is 0 Å². The van der Waals surface area contributed by atoms with Gasteiger partial charge in [-0.15, -0.1) is 0 Å². The minimum Gasteiger partial charge on any atom is -0.456 e. The minimum atomic E-state index is 0.688. The molecule has 13 aromatic rings. The summed E-state index contributed by atoms with van der Waals surface area (Å²) in [5.41, 5.74) is 8.94. The third-order valence-electron chi connectivity index (χ3n) is 12.6. The molecule has 0 bridgehead atoms. The van der Waals surface area contributed by atoms with Crippen LogP contribution in [0.2, 0.25) is 0 Å². The van der Waals surface area contributed by atoms with Gasteiger partial charge in [0, 0.05) is 27.6 Å². The molecule has 0 spiro atoms. The van der Waals surface area contributed by atoms with E-state index in [2.05, 4.69) is 170 Å². The van der Waals surface area contributed by atoms with E-state index in [9.17, 15) is 0 Å². The maximum absolute atomic E-state index is 6.19. The van der Waals surface area contributed by atoms with Crippen LogP contribution in [0, 0.1) is 0 Å². The number of hydrogen-bond donors (Lipinski definition) is 0. The van der Waals surface area contributed by atoms with Gasteiger partial charge in [-0.1, -0.05) is 170 Å². The lowest BCUT2D eigenvalue weighted by molar-refractivity contribution is 0.631. The number of benzene rings is 10. The third-order valence-corrected chi connectivity index (χ3v) is 12.6. The molecule has 0 aliphatic carbocycles. The molecule has 0 amide bonds. The van der Waals surface area contributed by atoms with Crippen LogP contribution in [-0.4, -0.2) is 9.97 Å². The molecule has 0 atom stereocenters. The average molecular weight is 775 g/mol. The third kappa shape index (κ3) is 5.38. The highest BCUT2D eigenvalue weighted by atomic mass is 16.3. The monoisotopic (exact) mass is 774 g/mol. The number of aromatic nitrogens is 2. The van der Waals surface area contributed by atoms with Crippen molar-refractivity contribution < 1.29 is 4.42 Å². The van der Waals surface area contributed by atoms with Gasteiger partial charge in [0.1, 0.15) is 11.3 Å². The first-order chi connectivity index (χ1) is 30.2. The van der Waals surface area contributed by atoms with Gasteiger partial charge in [-0.3, -0.25) is 0 Å². The summed E-state index contributed by atoms with van der Waals surface area (Å²) in [7, 11) is 0. The molecule has 0 radical (unpaired) electrons. The Morgan fingerprint density at radius 2 is 0.803 bits per heavy atom. The largest absolute Gasteiger partial charge is 0.456 e. The van der Waals surface area contributed by atoms with Crippen molar-refractivity contribution in [3.05, 3.63) is 206 Å². The van der Waals surface area contributed by atoms with E-state index in [0.29, 0.717) is 5.82 Å². The highest BCUT2D eigenvalue weighted by Crippen LogP contribution is 2.45. The lowest BCUT2D eigenvalue weighted by Gasteiger charge is -2.17. The van der Waals surface area contributed by atoms with Crippen LogP contribution in [0.3, 0.4) is 0 Å². The van der Waals surface area contributed by atoms with E-state index >= 15 is 0 Å². The second kappa shape index (κ2) is 13.2. The van der Waals surface area contributed by atoms with Crippen LogP contribution in [0.4, 0.5) is 0 Å². The van der Waals surface area contributed by atoms with Gasteiger partial charge in [0.15, 0.2) is 5.82 Å². The Morgan fingerprint density at radius 3 is 1.49 bits per heavy atom. The van der Waals surface area contributed by atoms with E-state index in [-0.39, 0.29) is 0 Å². The van der Waals surface area contributed by atoms with Crippen LogP contribution >= 0.6 is 0 Å². The summed E-state index contributed by atoms with van der Waals surface area (Å²) in [6.07, 6.45) is 0. The van der Waals surface area contributed by atoms with Crippen molar-refractivity contribution in [2.24, 2.45) is 0 Å². The zero-order valence-corrected chi connectivity index (χ0v) is 32.9. The van der Waals surface area contributed by atoms with E-state index in [1.165, 1.54) is 64.6 Å². The molecule has 0 aliphatic rings. The number of rotatable bonds is 5. The fourth-order valence-corrected chi connectivity index (χ4v) is 9.70. The molecule has 3 nitrogen and oxygen atoms in total. The summed E-state index contributed by atoms with van der Waals surface area (Å²) in [5.74, 6) is 1.53. The van der Waals surface area contributed by atoms with Gasteiger partial charge >= 0.3 is 0 Å². The maximum atomic E-state index is 6.19. The topological polar surface area (TPSA) is 38.9 Å². The Hall–Kier alpha value is -8.14. The van der Waals surface area contributed by atoms with Gasteiger partial charge < -0.3 is 4.42 Å². The molecule has 2 heterocycles. The van der Waals surface area contributed by atoms with Crippen molar-refractivity contribution in [1.82, 2.24) is 9.97 Å². The van der Waals surface area contributed by atoms with Crippen LogP contribution < -0.4 is 0 Å². The van der Waals surface area contributed by atoms with E-state index < -0.39 is 0 Å². The summed E-state index contributed by atoms with van der Waals surface area (Å²) in [5, 5.41) is 16.4. The molecule has 61 heavy (non-hydrogen) atoms. The van der Waals surface area contributed by atoms with Crippen LogP contribution in [0.5, 0.6) is 0 Å². The first-order valence-electron chi connectivity index (χ1n) is 20.8. The molecule has 2 aromatic heterocycles. The summed E-state index contributed by atoms with van der Waals surface area (Å²) in [4.78, 5) is 10.4. The minimum absolute atomic E-state index is 0.688. The molecule has 0 saturated heterocycles. The molecule has 0 fully saturated rings. The van der Waals surface area contributed by atoms with E-state index in [4.69, 9.17) is 14.4 Å². The molecule has 0 unspecified atom stereocenters. The van der Waals surface area contributed by atoms with Crippen molar-refractivity contribution in [2.75, 3.05) is 0 Å². The highest BCUT2D eigenvalue weighted by Gasteiger charge is 2.18. The van der Waals surface area contributed by atoms with Crippen molar-refractivity contribution in [3.63, 3.8) is 0 Å². The zero-order chi connectivity index (χ0) is 40.0. The quantitative estimate of drug-likeness (QED) is 0.164. The van der Waals surface area contributed by atoms with Gasteiger partial charge in [0.25, 0.3) is 0 Å². The zero-order valence-electron chi connectivity index (χ0n) is 32.9. The Morgan fingerprint density at radius 1 is 0.279 bits per heavy atom. The van der Waals surface area contributed by atoms with Crippen molar-refractivity contribution in [2.45, 2.75) is 0 Å². The molecule has 11 aromatic carbocycles. The highest BCUT2D eigenvalue weighted by molar-refractivity contribution is 6.37. The van der Waals surface area contributed by atoms with Crippen LogP contribution in [0.15, 0.2) is 211 Å². The van der Waals surface area contributed by atoms with Gasteiger partial charge in [-0.05, 0) is 112 Å². The molecule has 0 saturated carbocycles. The summed E-state index contributed by atoms with van der Waals surface area (Å²) >= 11 is 0. The molecular weight excluding hydrogens is 741 g/mol. The normalized spacial score (nSPS) is 11.9. The standard InChI is InChI=1S/C58H34N2O/c1-2-10-40(11-3-1)58-59-50(35-22-24-36(25-23-35)53-33-43-12-4-5-21-52(43)61-53)34-51(60-58)42-17-6-16-41(30-42)45-31-44-29-28-39-14-8-19-47-46-18-7-13-37-26-27-38-15-9-20-48(56(38)54(37)46)49(32-45)57(44)55(39)47/h1-34H. The van der Waals surface area contributed by atoms with E-state index in [0.717, 1.165) is 61.5 Å². The van der Waals surface area contributed by atoms with Gasteiger partial charge in [0.05, 0.1) is 11.4 Å². The van der Waals surface area contributed by atoms with Gasteiger partial charge in [-0.25, -0.2) is 9.97 Å². The lowest BCUT2D eigenvalue weighted by atomic mass is 9.86. The lowest BCUT2D eigenvalue weighted by Crippen LogP contribution is -1.96. The summed E-state index contributed by atoms with van der Waals surface area (Å²) in [6, 6.07) is 74.1. The summed E-state index contributed by atoms with van der Waals surface area (Å²) < 4.78 is 6.19. The van der Waals surface area contributed by atoms with Crippen LogP contribution in [0.1, 0.15) is 0 Å². The second-order valence-corrected chi connectivity index (χ2v) is 16.1. The average Bonchev–Trinajstić information content (AvgIpc) is 3.77. The Labute approximate surface area is 351 Å².